The number of esters is 1. The standard InChI is InChI=1S/C11H11BrN2O2/c1-16-11(15)10(13)8-5-14-9-4-6(12)2-3-7(8)9/h2-5,10,14H,13H2,1H3. The van der Waals surface area contributed by atoms with E-state index in [-0.39, 0.29) is 0 Å². The van der Waals surface area contributed by atoms with Crippen LogP contribution in [-0.4, -0.2) is 18.1 Å². The van der Waals surface area contributed by atoms with Crippen LogP contribution in [0.5, 0.6) is 0 Å². The molecule has 0 aliphatic rings. The van der Waals surface area contributed by atoms with Crippen molar-refractivity contribution in [2.75, 3.05) is 7.11 Å². The monoisotopic (exact) mass is 282 g/mol. The number of benzene rings is 1. The number of nitrogens with one attached hydrogen (secondary N) is 1. The Kier molecular flexibility index (Phi) is 2.98. The van der Waals surface area contributed by atoms with Gasteiger partial charge in [0.2, 0.25) is 0 Å². The van der Waals surface area contributed by atoms with Crippen LogP contribution in [-0.2, 0) is 9.53 Å². The Morgan fingerprint density at radius 1 is 1.56 bits per heavy atom. The van der Waals surface area contributed by atoms with Gasteiger partial charge >= 0.3 is 5.97 Å². The van der Waals surface area contributed by atoms with Gasteiger partial charge in [-0.25, -0.2) is 0 Å². The highest BCUT2D eigenvalue weighted by molar-refractivity contribution is 9.10. The molecule has 5 heteroatoms. The summed E-state index contributed by atoms with van der Waals surface area (Å²) < 4.78 is 5.59. The van der Waals surface area contributed by atoms with Crippen molar-refractivity contribution in [1.29, 1.82) is 0 Å². The van der Waals surface area contributed by atoms with E-state index in [2.05, 4.69) is 25.7 Å². The number of nitrogens with two attached hydrogens (primary N) is 1. The molecule has 0 aliphatic carbocycles. The first-order valence-electron chi connectivity index (χ1n) is 4.73. The molecule has 0 fully saturated rings. The number of methoxy groups -OCH3 is 1. The number of carbonyl (C=O) groups excluding carboxylic acids is 1. The summed E-state index contributed by atoms with van der Waals surface area (Å²) in [6.45, 7) is 0. The fraction of sp³-hybridized carbons (Fsp3) is 0.182. The van der Waals surface area contributed by atoms with Crippen molar-refractivity contribution in [1.82, 2.24) is 4.98 Å². The van der Waals surface area contributed by atoms with Crippen LogP contribution in [0.25, 0.3) is 10.9 Å². The molecule has 4 nitrogen and oxygen atoms in total. The van der Waals surface area contributed by atoms with Gasteiger partial charge in [-0.2, -0.15) is 0 Å². The topological polar surface area (TPSA) is 68.1 Å². The number of carbonyl (C=O) groups is 1. The van der Waals surface area contributed by atoms with Crippen LogP contribution in [0.4, 0.5) is 0 Å². The third-order valence-electron chi connectivity index (χ3n) is 2.47. The molecule has 16 heavy (non-hydrogen) atoms. The summed E-state index contributed by atoms with van der Waals surface area (Å²) in [5, 5.41) is 0.932. The van der Waals surface area contributed by atoms with Gasteiger partial charge in [0.05, 0.1) is 7.11 Å². The van der Waals surface area contributed by atoms with E-state index in [1.807, 2.05) is 18.2 Å². The quantitative estimate of drug-likeness (QED) is 0.829. The SMILES string of the molecule is COC(=O)C(N)c1c[nH]c2cc(Br)ccc12. The summed E-state index contributed by atoms with van der Waals surface area (Å²) in [4.78, 5) is 14.4. The Hall–Kier alpha value is -1.33. The molecule has 1 aromatic carbocycles. The van der Waals surface area contributed by atoms with Crippen LogP contribution >= 0.6 is 15.9 Å². The number of rotatable bonds is 2. The lowest BCUT2D eigenvalue weighted by Crippen LogP contribution is -2.22. The second kappa shape index (κ2) is 4.27. The highest BCUT2D eigenvalue weighted by atomic mass is 79.9. The van der Waals surface area contributed by atoms with Gasteiger partial charge in [-0.15, -0.1) is 0 Å². The Labute approximate surface area is 101 Å². The minimum absolute atomic E-state index is 0.441. The minimum atomic E-state index is -0.750. The molecule has 1 unspecified atom stereocenters. The summed E-state index contributed by atoms with van der Waals surface area (Å²) in [7, 11) is 1.33. The van der Waals surface area contributed by atoms with E-state index in [4.69, 9.17) is 5.73 Å². The molecule has 0 amide bonds. The Morgan fingerprint density at radius 3 is 3.00 bits per heavy atom. The van der Waals surface area contributed by atoms with Crippen LogP contribution in [0.3, 0.4) is 0 Å². The van der Waals surface area contributed by atoms with Crippen LogP contribution < -0.4 is 5.73 Å². The first-order valence-corrected chi connectivity index (χ1v) is 5.52. The van der Waals surface area contributed by atoms with Crippen molar-refractivity contribution in [3.8, 4) is 0 Å². The second-order valence-electron chi connectivity index (χ2n) is 3.43. The summed E-state index contributed by atoms with van der Waals surface area (Å²) in [5.74, 6) is -0.441. The normalized spacial score (nSPS) is 12.7. The molecule has 0 saturated carbocycles. The predicted molar refractivity (Wildman–Crippen MR) is 64.9 cm³/mol. The second-order valence-corrected chi connectivity index (χ2v) is 4.35. The molecule has 1 atom stereocenters. The van der Waals surface area contributed by atoms with E-state index in [0.29, 0.717) is 0 Å². The van der Waals surface area contributed by atoms with E-state index >= 15 is 0 Å². The van der Waals surface area contributed by atoms with E-state index in [1.165, 1.54) is 7.11 Å². The van der Waals surface area contributed by atoms with Crippen molar-refractivity contribution >= 4 is 32.8 Å². The summed E-state index contributed by atoms with van der Waals surface area (Å²) >= 11 is 3.38. The average molecular weight is 283 g/mol. The third kappa shape index (κ3) is 1.83. The molecular weight excluding hydrogens is 272 g/mol. The van der Waals surface area contributed by atoms with Crippen molar-refractivity contribution in [2.24, 2.45) is 5.73 Å². The lowest BCUT2D eigenvalue weighted by atomic mass is 10.1. The molecule has 0 spiro atoms. The number of hydrogen-bond acceptors (Lipinski definition) is 3. The Morgan fingerprint density at radius 2 is 2.31 bits per heavy atom. The summed E-state index contributed by atoms with van der Waals surface area (Å²) in [5.41, 5.74) is 7.47. The van der Waals surface area contributed by atoms with Gasteiger partial charge in [-0.1, -0.05) is 22.0 Å². The lowest BCUT2D eigenvalue weighted by molar-refractivity contribution is -0.142. The van der Waals surface area contributed by atoms with Gasteiger partial charge < -0.3 is 15.5 Å². The van der Waals surface area contributed by atoms with E-state index in [9.17, 15) is 4.79 Å². The van der Waals surface area contributed by atoms with Crippen molar-refractivity contribution in [2.45, 2.75) is 6.04 Å². The Balaban J connectivity index is 2.50. The number of aromatic nitrogens is 1. The molecule has 1 aromatic heterocycles. The first-order chi connectivity index (χ1) is 7.63. The van der Waals surface area contributed by atoms with Crippen molar-refractivity contribution in [3.05, 3.63) is 34.4 Å². The van der Waals surface area contributed by atoms with Crippen LogP contribution in [0, 0.1) is 0 Å². The van der Waals surface area contributed by atoms with Crippen molar-refractivity contribution in [3.63, 3.8) is 0 Å². The average Bonchev–Trinajstić information content (AvgIpc) is 2.69. The van der Waals surface area contributed by atoms with Gasteiger partial charge in [0.1, 0.15) is 6.04 Å². The van der Waals surface area contributed by atoms with Gasteiger partial charge in [-0.05, 0) is 12.1 Å². The molecule has 2 aromatic rings. The number of halogens is 1. The highest BCUT2D eigenvalue weighted by Gasteiger charge is 2.19. The zero-order valence-corrected chi connectivity index (χ0v) is 10.2. The fourth-order valence-electron chi connectivity index (χ4n) is 1.63. The van der Waals surface area contributed by atoms with Crippen LogP contribution in [0.2, 0.25) is 0 Å². The minimum Gasteiger partial charge on any atom is -0.468 e. The van der Waals surface area contributed by atoms with Gasteiger partial charge in [0.25, 0.3) is 0 Å². The Bertz CT molecular complexity index is 536. The highest BCUT2D eigenvalue weighted by Crippen LogP contribution is 2.26. The molecule has 0 radical (unpaired) electrons. The van der Waals surface area contributed by atoms with Crippen molar-refractivity contribution < 1.29 is 9.53 Å². The molecule has 84 valence electrons. The van der Waals surface area contributed by atoms with Crippen LogP contribution in [0.1, 0.15) is 11.6 Å². The summed E-state index contributed by atoms with van der Waals surface area (Å²) in [6.07, 6.45) is 1.73. The molecule has 0 aliphatic heterocycles. The van der Waals surface area contributed by atoms with E-state index in [1.54, 1.807) is 6.20 Å². The molecule has 1 heterocycles. The summed E-state index contributed by atoms with van der Waals surface area (Å²) in [6, 6.07) is 5.00. The zero-order valence-electron chi connectivity index (χ0n) is 8.66. The van der Waals surface area contributed by atoms with Gasteiger partial charge in [-0.3, -0.25) is 4.79 Å². The number of fused-ring (bicyclic) bond motifs is 1. The lowest BCUT2D eigenvalue weighted by Gasteiger charge is -2.07. The smallest absolute Gasteiger partial charge is 0.327 e. The fourth-order valence-corrected chi connectivity index (χ4v) is 1.99. The van der Waals surface area contributed by atoms with Crippen LogP contribution in [0.15, 0.2) is 28.9 Å². The van der Waals surface area contributed by atoms with E-state index < -0.39 is 12.0 Å². The molecule has 2 rings (SSSR count). The molecule has 0 saturated heterocycles. The maximum Gasteiger partial charge on any atom is 0.327 e. The first kappa shape index (κ1) is 11.2. The largest absolute Gasteiger partial charge is 0.468 e. The zero-order chi connectivity index (χ0) is 11.7. The number of hydrogen-bond donors (Lipinski definition) is 2. The number of aromatic amines is 1. The predicted octanol–water partition coefficient (Wildman–Crippen LogP) is 2.10. The number of H-pyrrole nitrogens is 1. The molecule has 0 bridgehead atoms. The maximum absolute atomic E-state index is 11.4. The van der Waals surface area contributed by atoms with Gasteiger partial charge in [0.15, 0.2) is 0 Å². The molecule has 3 N–H and O–H groups in total. The third-order valence-corrected chi connectivity index (χ3v) is 2.96. The number of ether oxygens (including phenoxy) is 1. The maximum atomic E-state index is 11.4. The van der Waals surface area contributed by atoms with E-state index in [0.717, 1.165) is 20.9 Å². The molecular formula is C11H11BrN2O2. The van der Waals surface area contributed by atoms with Gasteiger partial charge in [0, 0.05) is 27.1 Å².